The smallest absolute Gasteiger partial charge is 0.321 e. The molecule has 3 aromatic rings. The fourth-order valence-electron chi connectivity index (χ4n) is 3.30. The second kappa shape index (κ2) is 8.49. The first-order valence-electron chi connectivity index (χ1n) is 8.96. The summed E-state index contributed by atoms with van der Waals surface area (Å²) >= 11 is 0. The number of aromatic amines is 1. The minimum Gasteiger partial charge on any atom is -0.465 e. The number of pyridine rings is 1. The molecule has 0 saturated carbocycles. The van der Waals surface area contributed by atoms with Crippen LogP contribution in [-0.2, 0) is 19.1 Å². The summed E-state index contributed by atoms with van der Waals surface area (Å²) in [5, 5.41) is 0.900. The maximum Gasteiger partial charge on any atom is 0.321 e. The molecular formula is C21H22N2O4. The molecule has 6 nitrogen and oxygen atoms in total. The molecule has 2 heterocycles. The van der Waals surface area contributed by atoms with E-state index in [0.29, 0.717) is 0 Å². The van der Waals surface area contributed by atoms with Crippen molar-refractivity contribution >= 4 is 22.8 Å². The first kappa shape index (κ1) is 18.6. The summed E-state index contributed by atoms with van der Waals surface area (Å²) in [4.78, 5) is 32.8. The van der Waals surface area contributed by atoms with E-state index in [2.05, 4.69) is 9.97 Å². The Bertz CT molecular complexity index is 902. The van der Waals surface area contributed by atoms with Gasteiger partial charge in [0.05, 0.1) is 24.9 Å². The number of aromatic nitrogens is 2. The van der Waals surface area contributed by atoms with Crippen molar-refractivity contribution in [3.05, 3.63) is 66.1 Å². The Kier molecular flexibility index (Phi) is 5.86. The first-order chi connectivity index (χ1) is 13.2. The SMILES string of the molecule is CCOC(=O)C(C(=O)OCC)C(c1ccccc1)c1c[nH]c2cnccc12. The van der Waals surface area contributed by atoms with Gasteiger partial charge < -0.3 is 14.5 Å². The van der Waals surface area contributed by atoms with Crippen molar-refractivity contribution in [2.75, 3.05) is 13.2 Å². The lowest BCUT2D eigenvalue weighted by Gasteiger charge is -2.24. The molecule has 2 aromatic heterocycles. The molecule has 0 spiro atoms. The van der Waals surface area contributed by atoms with E-state index in [9.17, 15) is 9.59 Å². The molecule has 0 aliphatic rings. The number of esters is 2. The van der Waals surface area contributed by atoms with E-state index in [-0.39, 0.29) is 13.2 Å². The molecule has 1 aromatic carbocycles. The number of H-pyrrole nitrogens is 1. The lowest BCUT2D eigenvalue weighted by Crippen LogP contribution is -2.34. The van der Waals surface area contributed by atoms with Crippen LogP contribution < -0.4 is 0 Å². The van der Waals surface area contributed by atoms with Gasteiger partial charge in [-0.15, -0.1) is 0 Å². The van der Waals surface area contributed by atoms with E-state index >= 15 is 0 Å². The number of hydrogen-bond acceptors (Lipinski definition) is 5. The molecule has 27 heavy (non-hydrogen) atoms. The summed E-state index contributed by atoms with van der Waals surface area (Å²) in [7, 11) is 0. The highest BCUT2D eigenvalue weighted by Crippen LogP contribution is 2.37. The van der Waals surface area contributed by atoms with E-state index in [4.69, 9.17) is 9.47 Å². The van der Waals surface area contributed by atoms with Gasteiger partial charge >= 0.3 is 11.9 Å². The summed E-state index contributed by atoms with van der Waals surface area (Å²) in [5.74, 6) is -2.82. The summed E-state index contributed by atoms with van der Waals surface area (Å²) < 4.78 is 10.4. The number of carbonyl (C=O) groups is 2. The Balaban J connectivity index is 2.18. The van der Waals surface area contributed by atoms with Gasteiger partial charge in [-0.25, -0.2) is 0 Å². The molecule has 0 fully saturated rings. The third kappa shape index (κ3) is 3.84. The number of nitrogens with one attached hydrogen (secondary N) is 1. The zero-order chi connectivity index (χ0) is 19.2. The van der Waals surface area contributed by atoms with Crippen LogP contribution in [0.1, 0.15) is 30.9 Å². The van der Waals surface area contributed by atoms with Crippen molar-refractivity contribution in [3.63, 3.8) is 0 Å². The Morgan fingerprint density at radius 3 is 2.33 bits per heavy atom. The molecule has 0 aliphatic heterocycles. The quantitative estimate of drug-likeness (QED) is 0.512. The number of ether oxygens (including phenoxy) is 2. The van der Waals surface area contributed by atoms with Crippen molar-refractivity contribution in [2.45, 2.75) is 19.8 Å². The molecule has 1 unspecified atom stereocenters. The first-order valence-corrected chi connectivity index (χ1v) is 8.96. The summed E-state index contributed by atoms with van der Waals surface area (Å²) in [5.41, 5.74) is 2.49. The third-order valence-corrected chi connectivity index (χ3v) is 4.42. The maximum atomic E-state index is 12.8. The lowest BCUT2D eigenvalue weighted by molar-refractivity contribution is -0.162. The number of carbonyl (C=O) groups excluding carboxylic acids is 2. The van der Waals surface area contributed by atoms with Gasteiger partial charge in [0.25, 0.3) is 0 Å². The van der Waals surface area contributed by atoms with Crippen LogP contribution in [-0.4, -0.2) is 35.1 Å². The van der Waals surface area contributed by atoms with Crippen LogP contribution in [0.5, 0.6) is 0 Å². The van der Waals surface area contributed by atoms with Gasteiger partial charge in [0.1, 0.15) is 0 Å². The average Bonchev–Trinajstić information content (AvgIpc) is 3.10. The van der Waals surface area contributed by atoms with Crippen molar-refractivity contribution in [1.29, 1.82) is 0 Å². The summed E-state index contributed by atoms with van der Waals surface area (Å²) in [6, 6.07) is 11.3. The second-order valence-electron chi connectivity index (χ2n) is 6.04. The van der Waals surface area contributed by atoms with Crippen LogP contribution in [0.15, 0.2) is 55.0 Å². The van der Waals surface area contributed by atoms with Crippen LogP contribution in [0, 0.1) is 5.92 Å². The van der Waals surface area contributed by atoms with Gasteiger partial charge in [0.15, 0.2) is 5.92 Å². The average molecular weight is 366 g/mol. The van der Waals surface area contributed by atoms with Crippen LogP contribution in [0.4, 0.5) is 0 Å². The number of fused-ring (bicyclic) bond motifs is 1. The van der Waals surface area contributed by atoms with Crippen LogP contribution in [0.2, 0.25) is 0 Å². The van der Waals surface area contributed by atoms with Gasteiger partial charge in [-0.3, -0.25) is 14.6 Å². The molecule has 0 saturated heterocycles. The minimum absolute atomic E-state index is 0.189. The number of hydrogen-bond donors (Lipinski definition) is 1. The second-order valence-corrected chi connectivity index (χ2v) is 6.04. The summed E-state index contributed by atoms with van der Waals surface area (Å²) in [6.07, 6.45) is 5.21. The van der Waals surface area contributed by atoms with E-state index < -0.39 is 23.8 Å². The van der Waals surface area contributed by atoms with E-state index in [1.807, 2.05) is 42.6 Å². The molecule has 0 aliphatic carbocycles. The minimum atomic E-state index is -1.10. The van der Waals surface area contributed by atoms with Gasteiger partial charge in [-0.2, -0.15) is 0 Å². The Labute approximate surface area is 157 Å². The van der Waals surface area contributed by atoms with Crippen LogP contribution in [0.3, 0.4) is 0 Å². The van der Waals surface area contributed by atoms with Crippen molar-refractivity contribution < 1.29 is 19.1 Å². The van der Waals surface area contributed by atoms with Gasteiger partial charge in [0.2, 0.25) is 0 Å². The molecule has 6 heteroatoms. The summed E-state index contributed by atoms with van der Waals surface area (Å²) in [6.45, 7) is 3.81. The number of rotatable bonds is 7. The molecule has 0 radical (unpaired) electrons. The zero-order valence-electron chi connectivity index (χ0n) is 15.3. The molecule has 0 amide bonds. The predicted molar refractivity (Wildman–Crippen MR) is 101 cm³/mol. The molecule has 1 atom stereocenters. The molecule has 0 bridgehead atoms. The Morgan fingerprint density at radius 2 is 1.70 bits per heavy atom. The van der Waals surface area contributed by atoms with Crippen molar-refractivity contribution in [2.24, 2.45) is 5.92 Å². The van der Waals surface area contributed by atoms with Crippen molar-refractivity contribution in [3.8, 4) is 0 Å². The molecule has 3 rings (SSSR count). The normalized spacial score (nSPS) is 12.1. The lowest BCUT2D eigenvalue weighted by atomic mass is 9.80. The fourth-order valence-corrected chi connectivity index (χ4v) is 3.30. The Hall–Kier alpha value is -3.15. The van der Waals surface area contributed by atoms with Gasteiger partial charge in [-0.05, 0) is 31.0 Å². The maximum absolute atomic E-state index is 12.8. The van der Waals surface area contributed by atoms with E-state index in [1.54, 1.807) is 26.2 Å². The zero-order valence-corrected chi connectivity index (χ0v) is 15.3. The molecule has 140 valence electrons. The largest absolute Gasteiger partial charge is 0.465 e. The highest BCUT2D eigenvalue weighted by molar-refractivity contribution is 5.98. The topological polar surface area (TPSA) is 81.3 Å². The Morgan fingerprint density at radius 1 is 1.04 bits per heavy atom. The standard InChI is InChI=1S/C21H22N2O4/c1-3-26-20(24)19(21(25)27-4-2)18(14-8-6-5-7-9-14)16-12-23-17-13-22-11-10-15(16)17/h5-13,18-19,23H,3-4H2,1-2H3. The monoisotopic (exact) mass is 366 g/mol. The van der Waals surface area contributed by atoms with Gasteiger partial charge in [0, 0.05) is 23.7 Å². The highest BCUT2D eigenvalue weighted by Gasteiger charge is 2.40. The predicted octanol–water partition coefficient (Wildman–Crippen LogP) is 3.44. The van der Waals surface area contributed by atoms with E-state index in [0.717, 1.165) is 22.0 Å². The molecular weight excluding hydrogens is 344 g/mol. The van der Waals surface area contributed by atoms with Gasteiger partial charge in [-0.1, -0.05) is 30.3 Å². The molecule has 1 N–H and O–H groups in total. The fraction of sp³-hybridized carbons (Fsp3) is 0.286. The third-order valence-electron chi connectivity index (χ3n) is 4.42. The highest BCUT2D eigenvalue weighted by atomic mass is 16.6. The van der Waals surface area contributed by atoms with E-state index in [1.165, 1.54) is 0 Å². The van der Waals surface area contributed by atoms with Crippen LogP contribution in [0.25, 0.3) is 10.9 Å². The van der Waals surface area contributed by atoms with Crippen LogP contribution >= 0.6 is 0 Å². The number of nitrogens with zero attached hydrogens (tertiary/aromatic N) is 1. The van der Waals surface area contributed by atoms with Crippen molar-refractivity contribution in [1.82, 2.24) is 9.97 Å². The number of benzene rings is 1.